The predicted molar refractivity (Wildman–Crippen MR) is 78.4 cm³/mol. The van der Waals surface area contributed by atoms with Crippen LogP contribution in [-0.2, 0) is 11.3 Å². The summed E-state index contributed by atoms with van der Waals surface area (Å²) in [5, 5.41) is 10.3. The van der Waals surface area contributed by atoms with E-state index in [-0.39, 0.29) is 18.0 Å². The molecule has 0 bridgehead atoms. The molecule has 1 amide bonds. The van der Waals surface area contributed by atoms with E-state index in [1.54, 1.807) is 11.0 Å². The van der Waals surface area contributed by atoms with Crippen LogP contribution in [0.5, 0.6) is 0 Å². The lowest BCUT2D eigenvalue weighted by atomic mass is 10.1. The molecule has 1 saturated heterocycles. The second-order valence-corrected chi connectivity index (χ2v) is 5.21. The zero-order chi connectivity index (χ0) is 14.5. The normalized spacial score (nSPS) is 21.3. The predicted octanol–water partition coefficient (Wildman–Crippen LogP) is 0.888. The number of hydrogen-bond acceptors (Lipinski definition) is 4. The molecule has 2 heterocycles. The van der Waals surface area contributed by atoms with Crippen molar-refractivity contribution in [3.63, 3.8) is 0 Å². The van der Waals surface area contributed by atoms with Crippen molar-refractivity contribution in [3.05, 3.63) is 48.5 Å². The van der Waals surface area contributed by atoms with Gasteiger partial charge in [0.2, 0.25) is 5.91 Å². The summed E-state index contributed by atoms with van der Waals surface area (Å²) in [5.41, 5.74) is 1.25. The van der Waals surface area contributed by atoms with E-state index in [1.165, 1.54) is 11.9 Å². The van der Waals surface area contributed by atoms with Crippen molar-refractivity contribution in [1.29, 1.82) is 0 Å². The van der Waals surface area contributed by atoms with Gasteiger partial charge in [-0.05, 0) is 18.4 Å². The molecule has 0 aliphatic carbocycles. The van der Waals surface area contributed by atoms with Crippen molar-refractivity contribution in [2.45, 2.75) is 31.5 Å². The van der Waals surface area contributed by atoms with Crippen LogP contribution in [0, 0.1) is 0 Å². The summed E-state index contributed by atoms with van der Waals surface area (Å²) < 4.78 is 1.70. The van der Waals surface area contributed by atoms with Crippen LogP contribution in [0.15, 0.2) is 43.0 Å². The van der Waals surface area contributed by atoms with Crippen molar-refractivity contribution in [2.24, 2.45) is 0 Å². The Morgan fingerprint density at radius 1 is 1.33 bits per heavy atom. The molecule has 6 nitrogen and oxygen atoms in total. The highest BCUT2D eigenvalue weighted by molar-refractivity contribution is 5.82. The lowest BCUT2D eigenvalue weighted by molar-refractivity contribution is -0.122. The Kier molecular flexibility index (Phi) is 4.25. The molecule has 0 saturated carbocycles. The maximum Gasteiger partial charge on any atom is 0.237 e. The molecule has 2 aromatic rings. The molecule has 2 N–H and O–H groups in total. The first-order valence-corrected chi connectivity index (χ1v) is 7.24. The molecule has 0 spiro atoms. The first-order valence-electron chi connectivity index (χ1n) is 7.24. The number of aromatic nitrogens is 3. The van der Waals surface area contributed by atoms with E-state index >= 15 is 0 Å². The quantitative estimate of drug-likeness (QED) is 0.856. The highest BCUT2D eigenvalue weighted by Crippen LogP contribution is 2.26. The minimum absolute atomic E-state index is 0.0635. The van der Waals surface area contributed by atoms with Gasteiger partial charge in [-0.1, -0.05) is 30.3 Å². The summed E-state index contributed by atoms with van der Waals surface area (Å²) >= 11 is 0. The topological polar surface area (TPSA) is 71.8 Å². The molecule has 6 heteroatoms. The Morgan fingerprint density at radius 2 is 2.19 bits per heavy atom. The molecule has 1 aromatic heterocycles. The summed E-state index contributed by atoms with van der Waals surface area (Å²) in [6.45, 7) is 1.21. The largest absolute Gasteiger partial charge is 0.353 e. The van der Waals surface area contributed by atoms with Crippen LogP contribution in [0.1, 0.15) is 24.4 Å². The van der Waals surface area contributed by atoms with E-state index in [9.17, 15) is 4.79 Å². The highest BCUT2D eigenvalue weighted by atomic mass is 16.2. The standard InChI is InChI=1S/C15H19N5O/c21-15(17-8-9-20-11-16-10-18-20)14-7-6-13(19-14)12-4-2-1-3-5-12/h1-5,10-11,13-14,19H,6-9H2,(H,17,21)/t13-,14-/m1/s1. The minimum atomic E-state index is -0.106. The third-order valence-electron chi connectivity index (χ3n) is 3.77. The van der Waals surface area contributed by atoms with E-state index in [2.05, 4.69) is 32.8 Å². The number of carbonyl (C=O) groups excluding carboxylic acids is 1. The number of carbonyl (C=O) groups is 1. The maximum atomic E-state index is 12.1. The van der Waals surface area contributed by atoms with Gasteiger partial charge in [-0.3, -0.25) is 14.8 Å². The first-order chi connectivity index (χ1) is 10.3. The van der Waals surface area contributed by atoms with Crippen LogP contribution >= 0.6 is 0 Å². The number of amides is 1. The van der Waals surface area contributed by atoms with Crippen molar-refractivity contribution in [1.82, 2.24) is 25.4 Å². The van der Waals surface area contributed by atoms with E-state index in [4.69, 9.17) is 0 Å². The summed E-state index contributed by atoms with van der Waals surface area (Å²) in [7, 11) is 0. The molecule has 3 rings (SSSR count). The van der Waals surface area contributed by atoms with Gasteiger partial charge in [-0.2, -0.15) is 5.10 Å². The SMILES string of the molecule is O=C(NCCn1cncn1)[C@H]1CC[C@H](c2ccccc2)N1. The molecule has 110 valence electrons. The fourth-order valence-electron chi connectivity index (χ4n) is 2.66. The fourth-order valence-corrected chi connectivity index (χ4v) is 2.66. The van der Waals surface area contributed by atoms with E-state index < -0.39 is 0 Å². The van der Waals surface area contributed by atoms with E-state index in [1.807, 2.05) is 18.2 Å². The number of rotatable bonds is 5. The number of benzene rings is 1. The van der Waals surface area contributed by atoms with Gasteiger partial charge in [0.05, 0.1) is 12.6 Å². The van der Waals surface area contributed by atoms with Crippen molar-refractivity contribution >= 4 is 5.91 Å². The van der Waals surface area contributed by atoms with Gasteiger partial charge in [0.15, 0.2) is 0 Å². The number of hydrogen-bond donors (Lipinski definition) is 2. The Labute approximate surface area is 123 Å². The van der Waals surface area contributed by atoms with Gasteiger partial charge < -0.3 is 5.32 Å². The monoisotopic (exact) mass is 285 g/mol. The number of nitrogens with one attached hydrogen (secondary N) is 2. The highest BCUT2D eigenvalue weighted by Gasteiger charge is 2.29. The summed E-state index contributed by atoms with van der Waals surface area (Å²) in [4.78, 5) is 16.0. The van der Waals surface area contributed by atoms with Gasteiger partial charge >= 0.3 is 0 Å². The Bertz CT molecular complexity index is 569. The van der Waals surface area contributed by atoms with Gasteiger partial charge in [0.1, 0.15) is 12.7 Å². The Morgan fingerprint density at radius 3 is 2.95 bits per heavy atom. The lowest BCUT2D eigenvalue weighted by Crippen LogP contribution is -2.42. The van der Waals surface area contributed by atoms with Crippen molar-refractivity contribution in [3.8, 4) is 0 Å². The zero-order valence-corrected chi connectivity index (χ0v) is 11.8. The molecule has 2 atom stereocenters. The number of nitrogens with zero attached hydrogens (tertiary/aromatic N) is 3. The minimum Gasteiger partial charge on any atom is -0.353 e. The zero-order valence-electron chi connectivity index (χ0n) is 11.8. The molecular weight excluding hydrogens is 266 g/mol. The second-order valence-electron chi connectivity index (χ2n) is 5.21. The summed E-state index contributed by atoms with van der Waals surface area (Å²) in [6.07, 6.45) is 5.00. The Balaban J connectivity index is 1.46. The molecule has 1 fully saturated rings. The van der Waals surface area contributed by atoms with Crippen LogP contribution in [0.4, 0.5) is 0 Å². The molecule has 21 heavy (non-hydrogen) atoms. The lowest BCUT2D eigenvalue weighted by Gasteiger charge is -2.14. The fraction of sp³-hybridized carbons (Fsp3) is 0.400. The summed E-state index contributed by atoms with van der Waals surface area (Å²) in [5.74, 6) is 0.0635. The van der Waals surface area contributed by atoms with Crippen LogP contribution in [0.2, 0.25) is 0 Å². The molecule has 1 aromatic carbocycles. The first kappa shape index (κ1) is 13.8. The molecule has 0 radical (unpaired) electrons. The van der Waals surface area contributed by atoms with Gasteiger partial charge in [0.25, 0.3) is 0 Å². The van der Waals surface area contributed by atoms with Gasteiger partial charge in [-0.15, -0.1) is 0 Å². The second kappa shape index (κ2) is 6.49. The molecule has 1 aliphatic heterocycles. The van der Waals surface area contributed by atoms with Crippen molar-refractivity contribution in [2.75, 3.05) is 6.54 Å². The van der Waals surface area contributed by atoms with Crippen LogP contribution in [-0.4, -0.2) is 33.3 Å². The Hall–Kier alpha value is -2.21. The average molecular weight is 285 g/mol. The smallest absolute Gasteiger partial charge is 0.237 e. The van der Waals surface area contributed by atoms with Crippen LogP contribution < -0.4 is 10.6 Å². The average Bonchev–Trinajstić information content (AvgIpc) is 3.20. The summed E-state index contributed by atoms with van der Waals surface area (Å²) in [6, 6.07) is 10.4. The van der Waals surface area contributed by atoms with Gasteiger partial charge in [-0.25, -0.2) is 4.98 Å². The molecule has 1 aliphatic rings. The third kappa shape index (κ3) is 3.46. The van der Waals surface area contributed by atoms with Gasteiger partial charge in [0, 0.05) is 12.6 Å². The third-order valence-corrected chi connectivity index (χ3v) is 3.77. The van der Waals surface area contributed by atoms with E-state index in [0.717, 1.165) is 12.8 Å². The van der Waals surface area contributed by atoms with Crippen molar-refractivity contribution < 1.29 is 4.79 Å². The van der Waals surface area contributed by atoms with E-state index in [0.29, 0.717) is 13.1 Å². The molecular formula is C15H19N5O. The maximum absolute atomic E-state index is 12.1. The van der Waals surface area contributed by atoms with Crippen LogP contribution in [0.25, 0.3) is 0 Å². The van der Waals surface area contributed by atoms with Crippen LogP contribution in [0.3, 0.4) is 0 Å². The molecule has 0 unspecified atom stereocenters.